The van der Waals surface area contributed by atoms with Gasteiger partial charge >= 0.3 is 12.4 Å². The van der Waals surface area contributed by atoms with Gasteiger partial charge in [-0.3, -0.25) is 9.69 Å². The van der Waals surface area contributed by atoms with Gasteiger partial charge in [0.1, 0.15) is 5.75 Å². The van der Waals surface area contributed by atoms with Crippen molar-refractivity contribution in [3.05, 3.63) is 65.0 Å². The van der Waals surface area contributed by atoms with E-state index in [0.29, 0.717) is 55.6 Å². The normalized spacial score (nSPS) is 15.2. The summed E-state index contributed by atoms with van der Waals surface area (Å²) in [6.45, 7) is 3.60. The lowest BCUT2D eigenvalue weighted by Crippen LogP contribution is -2.48. The third kappa shape index (κ3) is 6.18. The Morgan fingerprint density at radius 1 is 0.919 bits per heavy atom. The maximum atomic E-state index is 13.2. The van der Waals surface area contributed by atoms with E-state index in [1.807, 2.05) is 11.8 Å². The summed E-state index contributed by atoms with van der Waals surface area (Å²) in [6, 6.07) is 8.07. The molecule has 0 bridgehead atoms. The number of tetrazole rings is 1. The van der Waals surface area contributed by atoms with Crippen molar-refractivity contribution in [3.8, 4) is 11.4 Å². The van der Waals surface area contributed by atoms with Crippen molar-refractivity contribution < 1.29 is 35.9 Å². The first kappa shape index (κ1) is 26.4. The first-order chi connectivity index (χ1) is 17.5. The van der Waals surface area contributed by atoms with Gasteiger partial charge in [0, 0.05) is 31.7 Å². The van der Waals surface area contributed by atoms with Crippen molar-refractivity contribution in [1.29, 1.82) is 0 Å². The van der Waals surface area contributed by atoms with Crippen LogP contribution in [0.3, 0.4) is 0 Å². The number of amides is 1. The van der Waals surface area contributed by atoms with Crippen LogP contribution in [0.5, 0.6) is 5.75 Å². The standard InChI is InChI=1S/C23H22F6N6O2/c1-2-37-19-5-3-18(4-6-19)35-20(30-31-32-35)14-33-7-9-34(10-8-33)21(36)15-11-16(22(24,25)26)13-17(12-15)23(27,28)29/h3-6,11-13H,2,7-10,14H2,1H3. The number of benzene rings is 2. The molecule has 198 valence electrons. The molecule has 1 aromatic heterocycles. The van der Waals surface area contributed by atoms with Crippen LogP contribution in [-0.2, 0) is 18.9 Å². The van der Waals surface area contributed by atoms with Gasteiger partial charge in [-0.1, -0.05) is 0 Å². The summed E-state index contributed by atoms with van der Waals surface area (Å²) in [7, 11) is 0. The summed E-state index contributed by atoms with van der Waals surface area (Å²) in [6.07, 6.45) is -10.1. The van der Waals surface area contributed by atoms with E-state index in [2.05, 4.69) is 15.5 Å². The fourth-order valence-electron chi connectivity index (χ4n) is 3.93. The van der Waals surface area contributed by atoms with E-state index in [1.165, 1.54) is 4.90 Å². The van der Waals surface area contributed by atoms with Crippen LogP contribution in [-0.4, -0.2) is 68.7 Å². The van der Waals surface area contributed by atoms with E-state index < -0.39 is 35.0 Å². The van der Waals surface area contributed by atoms with Crippen LogP contribution >= 0.6 is 0 Å². The SMILES string of the molecule is CCOc1ccc(-n2nnnc2CN2CCN(C(=O)c3cc(C(F)(F)F)cc(C(F)(F)F)c3)CC2)cc1. The summed E-state index contributed by atoms with van der Waals surface area (Å²) >= 11 is 0. The van der Waals surface area contributed by atoms with Crippen LogP contribution < -0.4 is 4.74 Å². The lowest BCUT2D eigenvalue weighted by molar-refractivity contribution is -0.143. The van der Waals surface area contributed by atoms with E-state index in [9.17, 15) is 31.1 Å². The lowest BCUT2D eigenvalue weighted by atomic mass is 10.0. The zero-order valence-electron chi connectivity index (χ0n) is 19.6. The zero-order chi connectivity index (χ0) is 26.8. The van der Waals surface area contributed by atoms with E-state index in [1.54, 1.807) is 28.9 Å². The quantitative estimate of drug-likeness (QED) is 0.450. The Balaban J connectivity index is 1.43. The summed E-state index contributed by atoms with van der Waals surface area (Å²) in [5, 5.41) is 11.8. The molecule has 0 atom stereocenters. The molecule has 3 aromatic rings. The molecule has 0 saturated carbocycles. The van der Waals surface area contributed by atoms with Crippen molar-refractivity contribution in [3.63, 3.8) is 0 Å². The monoisotopic (exact) mass is 528 g/mol. The van der Waals surface area contributed by atoms with Gasteiger partial charge in [0.2, 0.25) is 0 Å². The maximum Gasteiger partial charge on any atom is 0.416 e. The fourth-order valence-corrected chi connectivity index (χ4v) is 3.93. The minimum atomic E-state index is -5.03. The Morgan fingerprint density at radius 3 is 2.05 bits per heavy atom. The Hall–Kier alpha value is -3.68. The molecule has 4 rings (SSSR count). The molecular weight excluding hydrogens is 506 g/mol. The molecule has 0 spiro atoms. The average Bonchev–Trinajstić information content (AvgIpc) is 3.31. The summed E-state index contributed by atoms with van der Waals surface area (Å²) in [4.78, 5) is 16.0. The Kier molecular flexibility index (Phi) is 7.39. The van der Waals surface area contributed by atoms with E-state index in [-0.39, 0.29) is 19.2 Å². The number of nitrogens with zero attached hydrogens (tertiary/aromatic N) is 6. The molecule has 0 unspecified atom stereocenters. The molecule has 1 aliphatic rings. The van der Waals surface area contributed by atoms with Crippen LogP contribution in [0.25, 0.3) is 5.69 Å². The van der Waals surface area contributed by atoms with Crippen LogP contribution in [0.2, 0.25) is 0 Å². The van der Waals surface area contributed by atoms with Crippen molar-refractivity contribution in [2.45, 2.75) is 25.8 Å². The number of hydrogen-bond acceptors (Lipinski definition) is 6. The topological polar surface area (TPSA) is 76.4 Å². The molecule has 1 fully saturated rings. The molecule has 8 nitrogen and oxygen atoms in total. The Bertz CT molecular complexity index is 1200. The summed E-state index contributed by atoms with van der Waals surface area (Å²) in [5.41, 5.74) is -2.99. The van der Waals surface area contributed by atoms with Gasteiger partial charge in [-0.25, -0.2) is 0 Å². The minimum Gasteiger partial charge on any atom is -0.494 e. The van der Waals surface area contributed by atoms with Crippen LogP contribution in [0, 0.1) is 0 Å². The van der Waals surface area contributed by atoms with Gasteiger partial charge in [0.25, 0.3) is 5.91 Å². The number of alkyl halides is 6. The predicted molar refractivity (Wildman–Crippen MR) is 118 cm³/mol. The smallest absolute Gasteiger partial charge is 0.416 e. The number of aromatic nitrogens is 4. The second kappa shape index (κ2) is 10.4. The molecular formula is C23H22F6N6O2. The molecule has 2 heterocycles. The molecule has 1 saturated heterocycles. The van der Waals surface area contributed by atoms with Gasteiger partial charge < -0.3 is 9.64 Å². The summed E-state index contributed by atoms with van der Waals surface area (Å²) in [5.74, 6) is 0.330. The molecule has 2 aromatic carbocycles. The maximum absolute atomic E-state index is 13.2. The average molecular weight is 528 g/mol. The number of rotatable bonds is 6. The molecule has 14 heteroatoms. The van der Waals surface area contributed by atoms with Gasteiger partial charge in [0.05, 0.1) is 30.0 Å². The van der Waals surface area contributed by atoms with Gasteiger partial charge in [-0.05, 0) is 59.8 Å². The van der Waals surface area contributed by atoms with E-state index in [0.717, 1.165) is 0 Å². The summed E-state index contributed by atoms with van der Waals surface area (Å²) < 4.78 is 85.9. The fraction of sp³-hybridized carbons (Fsp3) is 0.391. The number of piperazine rings is 1. The lowest BCUT2D eigenvalue weighted by Gasteiger charge is -2.34. The molecule has 1 aliphatic heterocycles. The number of carbonyl (C=O) groups is 1. The molecule has 37 heavy (non-hydrogen) atoms. The van der Waals surface area contributed by atoms with E-state index >= 15 is 0 Å². The van der Waals surface area contributed by atoms with Gasteiger partial charge in [-0.2, -0.15) is 31.0 Å². The number of ether oxygens (including phenoxy) is 1. The first-order valence-corrected chi connectivity index (χ1v) is 11.3. The van der Waals surface area contributed by atoms with Crippen LogP contribution in [0.1, 0.15) is 34.2 Å². The number of carbonyl (C=O) groups excluding carboxylic acids is 1. The molecule has 0 radical (unpaired) electrons. The van der Waals surface area contributed by atoms with Crippen molar-refractivity contribution in [1.82, 2.24) is 30.0 Å². The van der Waals surface area contributed by atoms with Crippen molar-refractivity contribution in [2.24, 2.45) is 0 Å². The second-order valence-corrected chi connectivity index (χ2v) is 8.30. The highest BCUT2D eigenvalue weighted by Gasteiger charge is 2.38. The van der Waals surface area contributed by atoms with Crippen LogP contribution in [0.15, 0.2) is 42.5 Å². The van der Waals surface area contributed by atoms with Gasteiger partial charge in [-0.15, -0.1) is 5.10 Å². The number of hydrogen-bond donors (Lipinski definition) is 0. The highest BCUT2D eigenvalue weighted by molar-refractivity contribution is 5.94. The highest BCUT2D eigenvalue weighted by atomic mass is 19.4. The zero-order valence-corrected chi connectivity index (χ0v) is 19.6. The molecule has 1 amide bonds. The Labute approximate surface area is 207 Å². The highest BCUT2D eigenvalue weighted by Crippen LogP contribution is 2.36. The number of halogens is 6. The molecule has 0 aliphatic carbocycles. The van der Waals surface area contributed by atoms with Gasteiger partial charge in [0.15, 0.2) is 5.82 Å². The van der Waals surface area contributed by atoms with Crippen molar-refractivity contribution >= 4 is 5.91 Å². The Morgan fingerprint density at radius 2 is 1.51 bits per heavy atom. The third-order valence-corrected chi connectivity index (χ3v) is 5.79. The van der Waals surface area contributed by atoms with E-state index in [4.69, 9.17) is 4.74 Å². The van der Waals surface area contributed by atoms with Crippen molar-refractivity contribution in [2.75, 3.05) is 32.8 Å². The second-order valence-electron chi connectivity index (χ2n) is 8.30. The predicted octanol–water partition coefficient (Wildman–Crippen LogP) is 4.06. The molecule has 0 N–H and O–H groups in total. The third-order valence-electron chi connectivity index (χ3n) is 5.79. The minimum absolute atomic E-state index is 0.00325. The largest absolute Gasteiger partial charge is 0.494 e. The first-order valence-electron chi connectivity index (χ1n) is 11.3. The van der Waals surface area contributed by atoms with Crippen LogP contribution in [0.4, 0.5) is 26.3 Å².